The van der Waals surface area contributed by atoms with E-state index in [4.69, 9.17) is 0 Å². The molecule has 0 aliphatic heterocycles. The van der Waals surface area contributed by atoms with Gasteiger partial charge in [0.15, 0.2) is 5.82 Å². The molecular formula is C27H23N7OS. The normalized spacial score (nSPS) is 12.3. The van der Waals surface area contributed by atoms with Gasteiger partial charge in [0.1, 0.15) is 16.7 Å². The van der Waals surface area contributed by atoms with Gasteiger partial charge in [-0.05, 0) is 43.0 Å². The number of hydrogen-bond acceptors (Lipinski definition) is 7. The molecule has 6 rings (SSSR count). The van der Waals surface area contributed by atoms with Crippen molar-refractivity contribution in [2.75, 3.05) is 5.32 Å². The standard InChI is InChI=1S/C27H23N7OS/c1-16(31-25-24-26(29-15-28-25)36-17(2)32-24)22-12-18-8-7-11-21(19-13-30-33(3)14-19)23(18)27(35)34(22)20-9-5-4-6-10-20/h4-16H,1-3H3,(H,28,29,31)/t16-/m0/s1. The van der Waals surface area contributed by atoms with Crippen molar-refractivity contribution in [1.82, 2.24) is 29.3 Å². The van der Waals surface area contributed by atoms with E-state index in [0.29, 0.717) is 11.2 Å². The minimum atomic E-state index is -0.246. The Labute approximate surface area is 210 Å². The van der Waals surface area contributed by atoms with E-state index >= 15 is 0 Å². The monoisotopic (exact) mass is 493 g/mol. The molecule has 4 aromatic heterocycles. The number of hydrogen-bond donors (Lipinski definition) is 1. The lowest BCUT2D eigenvalue weighted by atomic mass is 9.99. The number of anilines is 1. The first-order valence-corrected chi connectivity index (χ1v) is 12.4. The van der Waals surface area contributed by atoms with E-state index in [-0.39, 0.29) is 11.6 Å². The predicted octanol–water partition coefficient (Wildman–Crippen LogP) is 5.27. The molecule has 0 amide bonds. The number of aromatic nitrogens is 6. The lowest BCUT2D eigenvalue weighted by molar-refractivity contribution is 0.768. The third kappa shape index (κ3) is 3.74. The maximum atomic E-state index is 14.2. The van der Waals surface area contributed by atoms with Crippen molar-refractivity contribution >= 4 is 38.3 Å². The molecule has 178 valence electrons. The quantitative estimate of drug-likeness (QED) is 0.352. The van der Waals surface area contributed by atoms with E-state index in [1.54, 1.807) is 21.8 Å². The van der Waals surface area contributed by atoms with Crippen LogP contribution in [-0.2, 0) is 7.05 Å². The number of para-hydroxylation sites is 1. The molecule has 0 saturated heterocycles. The Hall–Kier alpha value is -4.37. The molecule has 36 heavy (non-hydrogen) atoms. The summed E-state index contributed by atoms with van der Waals surface area (Å²) in [6.07, 6.45) is 5.25. The van der Waals surface area contributed by atoms with Gasteiger partial charge in [-0.25, -0.2) is 15.0 Å². The fourth-order valence-electron chi connectivity index (χ4n) is 4.59. The summed E-state index contributed by atoms with van der Waals surface area (Å²) < 4.78 is 3.53. The van der Waals surface area contributed by atoms with Gasteiger partial charge in [0.05, 0.1) is 22.6 Å². The summed E-state index contributed by atoms with van der Waals surface area (Å²) in [5.41, 5.74) is 4.03. The summed E-state index contributed by atoms with van der Waals surface area (Å²) in [4.78, 5) is 28.4. The molecule has 0 radical (unpaired) electrons. The van der Waals surface area contributed by atoms with E-state index < -0.39 is 0 Å². The molecule has 0 aliphatic rings. The van der Waals surface area contributed by atoms with Crippen LogP contribution in [0.15, 0.2) is 78.1 Å². The first-order valence-electron chi connectivity index (χ1n) is 11.6. The van der Waals surface area contributed by atoms with E-state index in [9.17, 15) is 4.79 Å². The maximum absolute atomic E-state index is 14.2. The minimum Gasteiger partial charge on any atom is -0.360 e. The second-order valence-corrected chi connectivity index (χ2v) is 9.87. The molecule has 6 aromatic rings. The second-order valence-electron chi connectivity index (χ2n) is 8.69. The molecule has 1 atom stereocenters. The summed E-state index contributed by atoms with van der Waals surface area (Å²) in [6, 6.07) is 17.5. The number of thiazole rings is 1. The average molecular weight is 494 g/mol. The largest absolute Gasteiger partial charge is 0.360 e. The molecule has 0 spiro atoms. The molecule has 0 fully saturated rings. The summed E-state index contributed by atoms with van der Waals surface area (Å²) >= 11 is 1.53. The van der Waals surface area contributed by atoms with Gasteiger partial charge in [-0.1, -0.05) is 47.7 Å². The molecule has 1 N–H and O–H groups in total. The molecule has 2 aromatic carbocycles. The SMILES string of the molecule is Cc1nc2c(N[C@@H](C)c3cc4cccc(-c5cnn(C)c5)c4c(=O)n3-c3ccccc3)ncnc2s1. The first kappa shape index (κ1) is 22.1. The van der Waals surface area contributed by atoms with Crippen molar-refractivity contribution in [3.05, 3.63) is 94.4 Å². The van der Waals surface area contributed by atoms with Crippen LogP contribution >= 0.6 is 11.3 Å². The van der Waals surface area contributed by atoms with E-state index in [0.717, 1.165) is 43.2 Å². The van der Waals surface area contributed by atoms with Crippen molar-refractivity contribution in [2.24, 2.45) is 7.05 Å². The Bertz CT molecular complexity index is 1790. The zero-order chi connectivity index (χ0) is 24.8. The van der Waals surface area contributed by atoms with Crippen LogP contribution in [0.25, 0.3) is 37.9 Å². The van der Waals surface area contributed by atoms with Crippen LogP contribution in [0.5, 0.6) is 0 Å². The minimum absolute atomic E-state index is 0.0841. The Kier molecular flexibility index (Phi) is 5.34. The second kappa shape index (κ2) is 8.69. The molecule has 0 bridgehead atoms. The van der Waals surface area contributed by atoms with Crippen LogP contribution in [0.3, 0.4) is 0 Å². The topological polar surface area (TPSA) is 90.5 Å². The van der Waals surface area contributed by atoms with E-state index in [1.165, 1.54) is 11.3 Å². The molecule has 4 heterocycles. The number of rotatable bonds is 5. The Morgan fingerprint density at radius 2 is 1.89 bits per heavy atom. The third-order valence-electron chi connectivity index (χ3n) is 6.20. The zero-order valence-electron chi connectivity index (χ0n) is 20.0. The van der Waals surface area contributed by atoms with Crippen LogP contribution < -0.4 is 10.9 Å². The Balaban J connectivity index is 1.56. The zero-order valence-corrected chi connectivity index (χ0v) is 20.8. The van der Waals surface area contributed by atoms with Gasteiger partial charge in [-0.15, -0.1) is 0 Å². The number of pyridine rings is 1. The van der Waals surface area contributed by atoms with Gasteiger partial charge in [0, 0.05) is 30.2 Å². The lowest BCUT2D eigenvalue weighted by Gasteiger charge is -2.22. The highest BCUT2D eigenvalue weighted by molar-refractivity contribution is 7.18. The lowest BCUT2D eigenvalue weighted by Crippen LogP contribution is -2.26. The summed E-state index contributed by atoms with van der Waals surface area (Å²) in [5, 5.41) is 10.3. The Morgan fingerprint density at radius 3 is 2.67 bits per heavy atom. The van der Waals surface area contributed by atoms with Gasteiger partial charge in [-0.2, -0.15) is 5.10 Å². The number of nitrogens with zero attached hydrogens (tertiary/aromatic N) is 6. The predicted molar refractivity (Wildman–Crippen MR) is 144 cm³/mol. The van der Waals surface area contributed by atoms with E-state index in [1.807, 2.05) is 75.6 Å². The number of benzene rings is 2. The molecule has 0 aliphatic carbocycles. The number of aryl methyl sites for hydroxylation is 2. The van der Waals surface area contributed by atoms with Crippen molar-refractivity contribution in [2.45, 2.75) is 19.9 Å². The van der Waals surface area contributed by atoms with Gasteiger partial charge in [0.25, 0.3) is 5.56 Å². The average Bonchev–Trinajstić information content (AvgIpc) is 3.49. The van der Waals surface area contributed by atoms with Gasteiger partial charge < -0.3 is 5.32 Å². The molecule has 0 saturated carbocycles. The highest BCUT2D eigenvalue weighted by Crippen LogP contribution is 2.31. The Morgan fingerprint density at radius 1 is 1.06 bits per heavy atom. The van der Waals surface area contributed by atoms with Gasteiger partial charge in [0.2, 0.25) is 0 Å². The van der Waals surface area contributed by atoms with Gasteiger partial charge in [-0.3, -0.25) is 14.0 Å². The molecule has 9 heteroatoms. The van der Waals surface area contributed by atoms with E-state index in [2.05, 4.69) is 31.4 Å². The van der Waals surface area contributed by atoms with Crippen molar-refractivity contribution < 1.29 is 0 Å². The van der Waals surface area contributed by atoms with Crippen LogP contribution in [0.1, 0.15) is 23.7 Å². The summed E-state index contributed by atoms with van der Waals surface area (Å²) in [5.74, 6) is 0.646. The molecule has 8 nitrogen and oxygen atoms in total. The highest BCUT2D eigenvalue weighted by atomic mass is 32.1. The fraction of sp³-hybridized carbons (Fsp3) is 0.148. The van der Waals surface area contributed by atoms with Crippen molar-refractivity contribution in [1.29, 1.82) is 0 Å². The third-order valence-corrected chi connectivity index (χ3v) is 7.08. The van der Waals surface area contributed by atoms with Gasteiger partial charge >= 0.3 is 0 Å². The molecular weight excluding hydrogens is 470 g/mol. The highest BCUT2D eigenvalue weighted by Gasteiger charge is 2.20. The maximum Gasteiger partial charge on any atom is 0.263 e. The van der Waals surface area contributed by atoms with Crippen molar-refractivity contribution in [3.8, 4) is 16.8 Å². The fourth-order valence-corrected chi connectivity index (χ4v) is 5.34. The van der Waals surface area contributed by atoms with Crippen LogP contribution in [-0.4, -0.2) is 29.3 Å². The molecule has 0 unspecified atom stereocenters. The smallest absolute Gasteiger partial charge is 0.263 e. The van der Waals surface area contributed by atoms with Crippen LogP contribution in [0.2, 0.25) is 0 Å². The van der Waals surface area contributed by atoms with Crippen LogP contribution in [0.4, 0.5) is 5.82 Å². The van der Waals surface area contributed by atoms with Crippen molar-refractivity contribution in [3.63, 3.8) is 0 Å². The summed E-state index contributed by atoms with van der Waals surface area (Å²) in [7, 11) is 1.87. The summed E-state index contributed by atoms with van der Waals surface area (Å²) in [6.45, 7) is 3.98. The number of fused-ring (bicyclic) bond motifs is 2. The first-order chi connectivity index (χ1) is 17.5. The number of nitrogens with one attached hydrogen (secondary N) is 1. The van der Waals surface area contributed by atoms with Crippen LogP contribution in [0, 0.1) is 6.92 Å².